The molecule has 0 unspecified atom stereocenters. The number of carbonyl (C=O) groups is 1. The van der Waals surface area contributed by atoms with Crippen LogP contribution in [0.5, 0.6) is 11.5 Å². The highest BCUT2D eigenvalue weighted by atomic mass is 32.1. The SMILES string of the molecule is C=CCN(Cc1cccs1)C(=O)c1cccc(OC)c1OC. The van der Waals surface area contributed by atoms with Crippen molar-refractivity contribution in [1.82, 2.24) is 4.90 Å². The van der Waals surface area contributed by atoms with Crippen LogP contribution in [0, 0.1) is 0 Å². The number of methoxy groups -OCH3 is 2. The van der Waals surface area contributed by atoms with Gasteiger partial charge in [0.25, 0.3) is 5.91 Å². The number of thiophene rings is 1. The van der Waals surface area contributed by atoms with E-state index in [2.05, 4.69) is 6.58 Å². The minimum absolute atomic E-state index is 0.107. The number of amides is 1. The molecule has 0 radical (unpaired) electrons. The van der Waals surface area contributed by atoms with E-state index >= 15 is 0 Å². The first-order valence-corrected chi connectivity index (χ1v) is 7.72. The molecule has 1 heterocycles. The molecule has 0 aliphatic rings. The van der Waals surface area contributed by atoms with Crippen LogP contribution in [0.1, 0.15) is 15.2 Å². The molecule has 4 nitrogen and oxygen atoms in total. The maximum atomic E-state index is 12.9. The lowest BCUT2D eigenvalue weighted by Gasteiger charge is -2.22. The summed E-state index contributed by atoms with van der Waals surface area (Å²) in [6.45, 7) is 4.75. The molecular weight excluding hydrogens is 298 g/mol. The predicted molar refractivity (Wildman–Crippen MR) is 88.8 cm³/mol. The number of rotatable bonds is 7. The Labute approximate surface area is 134 Å². The van der Waals surface area contributed by atoms with E-state index in [0.29, 0.717) is 30.2 Å². The van der Waals surface area contributed by atoms with Crippen molar-refractivity contribution in [3.63, 3.8) is 0 Å². The molecule has 2 rings (SSSR count). The molecule has 116 valence electrons. The minimum atomic E-state index is -0.107. The monoisotopic (exact) mass is 317 g/mol. The van der Waals surface area contributed by atoms with Crippen molar-refractivity contribution >= 4 is 17.2 Å². The molecular formula is C17H19NO3S. The topological polar surface area (TPSA) is 38.8 Å². The van der Waals surface area contributed by atoms with Crippen molar-refractivity contribution in [1.29, 1.82) is 0 Å². The highest BCUT2D eigenvalue weighted by Crippen LogP contribution is 2.31. The molecule has 0 saturated heterocycles. The molecule has 22 heavy (non-hydrogen) atoms. The number of hydrogen-bond acceptors (Lipinski definition) is 4. The molecule has 1 aromatic heterocycles. The van der Waals surface area contributed by atoms with E-state index in [1.165, 1.54) is 7.11 Å². The van der Waals surface area contributed by atoms with Gasteiger partial charge in [0, 0.05) is 11.4 Å². The highest BCUT2D eigenvalue weighted by Gasteiger charge is 2.21. The maximum Gasteiger partial charge on any atom is 0.258 e. The van der Waals surface area contributed by atoms with Gasteiger partial charge in [-0.1, -0.05) is 18.2 Å². The lowest BCUT2D eigenvalue weighted by Crippen LogP contribution is -2.30. The van der Waals surface area contributed by atoms with Gasteiger partial charge in [0.1, 0.15) is 0 Å². The van der Waals surface area contributed by atoms with Gasteiger partial charge in [0.2, 0.25) is 0 Å². The van der Waals surface area contributed by atoms with Crippen LogP contribution in [0.25, 0.3) is 0 Å². The lowest BCUT2D eigenvalue weighted by atomic mass is 10.1. The molecule has 0 atom stereocenters. The average molecular weight is 317 g/mol. The summed E-state index contributed by atoms with van der Waals surface area (Å²) in [5, 5.41) is 2.00. The zero-order valence-corrected chi connectivity index (χ0v) is 13.6. The molecule has 0 fully saturated rings. The molecule has 1 aromatic carbocycles. The summed E-state index contributed by atoms with van der Waals surface area (Å²) in [5.74, 6) is 0.891. The Bertz CT molecular complexity index is 637. The van der Waals surface area contributed by atoms with Crippen molar-refractivity contribution in [3.8, 4) is 11.5 Å². The van der Waals surface area contributed by atoms with Crippen LogP contribution in [-0.4, -0.2) is 31.6 Å². The zero-order chi connectivity index (χ0) is 15.9. The van der Waals surface area contributed by atoms with E-state index in [1.807, 2.05) is 17.5 Å². The van der Waals surface area contributed by atoms with E-state index < -0.39 is 0 Å². The Morgan fingerprint density at radius 1 is 1.27 bits per heavy atom. The molecule has 0 bridgehead atoms. The molecule has 0 saturated carbocycles. The fourth-order valence-electron chi connectivity index (χ4n) is 2.19. The molecule has 0 aliphatic carbocycles. The summed E-state index contributed by atoms with van der Waals surface area (Å²) in [6.07, 6.45) is 1.72. The Morgan fingerprint density at radius 3 is 2.68 bits per heavy atom. The van der Waals surface area contributed by atoms with E-state index in [9.17, 15) is 4.79 Å². The van der Waals surface area contributed by atoms with Crippen molar-refractivity contribution in [2.75, 3.05) is 20.8 Å². The molecule has 5 heteroatoms. The quantitative estimate of drug-likeness (QED) is 0.733. The third kappa shape index (κ3) is 3.49. The Hall–Kier alpha value is -2.27. The van der Waals surface area contributed by atoms with E-state index in [0.717, 1.165) is 4.88 Å². The molecule has 1 amide bonds. The number of nitrogens with zero attached hydrogens (tertiary/aromatic N) is 1. The van der Waals surface area contributed by atoms with Crippen molar-refractivity contribution in [3.05, 3.63) is 58.8 Å². The van der Waals surface area contributed by atoms with Gasteiger partial charge in [-0.05, 0) is 23.6 Å². The van der Waals surface area contributed by atoms with Crippen LogP contribution in [-0.2, 0) is 6.54 Å². The van der Waals surface area contributed by atoms with Crippen molar-refractivity contribution < 1.29 is 14.3 Å². The summed E-state index contributed by atoms with van der Waals surface area (Å²) >= 11 is 1.62. The van der Waals surface area contributed by atoms with E-state index in [4.69, 9.17) is 9.47 Å². The Kier molecular flexibility index (Phi) is 5.61. The maximum absolute atomic E-state index is 12.9. The first-order valence-electron chi connectivity index (χ1n) is 6.84. The van der Waals surface area contributed by atoms with E-state index in [-0.39, 0.29) is 5.91 Å². The third-order valence-corrected chi connectivity index (χ3v) is 4.06. The van der Waals surface area contributed by atoms with Crippen LogP contribution in [0.15, 0.2) is 48.4 Å². The van der Waals surface area contributed by atoms with E-state index in [1.54, 1.807) is 47.6 Å². The van der Waals surface area contributed by atoms with Gasteiger partial charge in [-0.2, -0.15) is 0 Å². The molecule has 0 aliphatic heterocycles. The van der Waals surface area contributed by atoms with Gasteiger partial charge in [0.15, 0.2) is 11.5 Å². The van der Waals surface area contributed by atoms with Gasteiger partial charge in [-0.3, -0.25) is 4.79 Å². The number of para-hydroxylation sites is 1. The largest absolute Gasteiger partial charge is 0.493 e. The van der Waals surface area contributed by atoms with Crippen molar-refractivity contribution in [2.45, 2.75) is 6.54 Å². The summed E-state index contributed by atoms with van der Waals surface area (Å²) in [5.41, 5.74) is 0.486. The Morgan fingerprint density at radius 2 is 2.09 bits per heavy atom. The number of hydrogen-bond donors (Lipinski definition) is 0. The molecule has 0 N–H and O–H groups in total. The highest BCUT2D eigenvalue weighted by molar-refractivity contribution is 7.09. The zero-order valence-electron chi connectivity index (χ0n) is 12.7. The first-order chi connectivity index (χ1) is 10.7. The fraction of sp³-hybridized carbons (Fsp3) is 0.235. The van der Waals surface area contributed by atoms with Crippen LogP contribution >= 0.6 is 11.3 Å². The average Bonchev–Trinajstić information content (AvgIpc) is 3.06. The predicted octanol–water partition coefficient (Wildman–Crippen LogP) is 3.59. The number of benzene rings is 1. The van der Waals surface area contributed by atoms with Crippen LogP contribution in [0.2, 0.25) is 0 Å². The summed E-state index contributed by atoms with van der Waals surface area (Å²) in [6, 6.07) is 9.28. The second-order valence-corrected chi connectivity index (χ2v) is 5.63. The minimum Gasteiger partial charge on any atom is -0.493 e. The number of ether oxygens (including phenoxy) is 2. The second kappa shape index (κ2) is 7.66. The summed E-state index contributed by atoms with van der Waals surface area (Å²) in [4.78, 5) is 15.7. The standard InChI is InChI=1S/C17H19NO3S/c1-4-10-18(12-13-7-6-11-22-13)17(19)14-8-5-9-15(20-2)16(14)21-3/h4-9,11H,1,10,12H2,2-3H3. The molecule has 0 spiro atoms. The summed E-state index contributed by atoms with van der Waals surface area (Å²) in [7, 11) is 3.09. The number of carbonyl (C=O) groups excluding carboxylic acids is 1. The second-order valence-electron chi connectivity index (χ2n) is 4.59. The smallest absolute Gasteiger partial charge is 0.258 e. The van der Waals surface area contributed by atoms with Gasteiger partial charge in [0.05, 0.1) is 26.3 Å². The van der Waals surface area contributed by atoms with Crippen LogP contribution in [0.3, 0.4) is 0 Å². The summed E-state index contributed by atoms with van der Waals surface area (Å²) < 4.78 is 10.6. The lowest BCUT2D eigenvalue weighted by molar-refractivity contribution is 0.0760. The normalized spacial score (nSPS) is 10.1. The molecule has 2 aromatic rings. The van der Waals surface area contributed by atoms with Crippen LogP contribution in [0.4, 0.5) is 0 Å². The van der Waals surface area contributed by atoms with Crippen LogP contribution < -0.4 is 9.47 Å². The van der Waals surface area contributed by atoms with Gasteiger partial charge in [-0.15, -0.1) is 17.9 Å². The van der Waals surface area contributed by atoms with Crippen molar-refractivity contribution in [2.24, 2.45) is 0 Å². The Balaban J connectivity index is 2.32. The first kappa shape index (κ1) is 16.1. The van der Waals surface area contributed by atoms with Gasteiger partial charge >= 0.3 is 0 Å². The van der Waals surface area contributed by atoms with Gasteiger partial charge < -0.3 is 14.4 Å². The van der Waals surface area contributed by atoms with Gasteiger partial charge in [-0.25, -0.2) is 0 Å². The third-order valence-electron chi connectivity index (χ3n) is 3.20. The fourth-order valence-corrected chi connectivity index (χ4v) is 2.91.